The van der Waals surface area contributed by atoms with Crippen LogP contribution in [0.1, 0.15) is 23.7 Å². The molecule has 4 heteroatoms. The van der Waals surface area contributed by atoms with Crippen LogP contribution in [0.5, 0.6) is 0 Å². The summed E-state index contributed by atoms with van der Waals surface area (Å²) in [6, 6.07) is 18.4. The van der Waals surface area contributed by atoms with Gasteiger partial charge in [0.2, 0.25) is 0 Å². The molecule has 1 unspecified atom stereocenters. The highest BCUT2D eigenvalue weighted by Crippen LogP contribution is 2.33. The zero-order valence-electron chi connectivity index (χ0n) is 13.4. The molecule has 3 rings (SSSR count). The Balaban J connectivity index is 1.52. The van der Waals surface area contributed by atoms with Gasteiger partial charge in [0.05, 0.1) is 6.10 Å². The Kier molecular flexibility index (Phi) is 5.60. The third-order valence-corrected chi connectivity index (χ3v) is 5.27. The molecule has 1 aliphatic rings. The number of nitrogens with one attached hydrogen (secondary N) is 1. The van der Waals surface area contributed by atoms with Gasteiger partial charge in [0.25, 0.3) is 0 Å². The van der Waals surface area contributed by atoms with Gasteiger partial charge in [-0.25, -0.2) is 0 Å². The van der Waals surface area contributed by atoms with E-state index in [9.17, 15) is 4.21 Å². The van der Waals surface area contributed by atoms with Gasteiger partial charge in [-0.2, -0.15) is 0 Å². The van der Waals surface area contributed by atoms with Gasteiger partial charge in [-0.1, -0.05) is 42.5 Å². The number of hydrogen-bond donors (Lipinski definition) is 1. The average Bonchev–Trinajstić information content (AvgIpc) is 3.05. The lowest BCUT2D eigenvalue weighted by molar-refractivity contribution is 0.0904. The minimum Gasteiger partial charge on any atom is -0.373 e. The van der Waals surface area contributed by atoms with Crippen LogP contribution in [0, 0.1) is 5.92 Å². The van der Waals surface area contributed by atoms with Crippen molar-refractivity contribution in [2.24, 2.45) is 5.92 Å². The molecule has 1 aliphatic heterocycles. The van der Waals surface area contributed by atoms with Crippen molar-refractivity contribution >= 4 is 10.8 Å². The summed E-state index contributed by atoms with van der Waals surface area (Å²) in [5.74, 6) is 0.514. The quantitative estimate of drug-likeness (QED) is 0.884. The largest absolute Gasteiger partial charge is 0.373 e. The van der Waals surface area contributed by atoms with E-state index in [0.29, 0.717) is 5.92 Å². The molecule has 1 saturated heterocycles. The van der Waals surface area contributed by atoms with Crippen molar-refractivity contribution in [3.05, 3.63) is 65.7 Å². The van der Waals surface area contributed by atoms with Crippen LogP contribution in [0.25, 0.3) is 0 Å². The smallest absolute Gasteiger partial charge is 0.0866 e. The van der Waals surface area contributed by atoms with Crippen molar-refractivity contribution in [3.8, 4) is 0 Å². The topological polar surface area (TPSA) is 38.3 Å². The van der Waals surface area contributed by atoms with Crippen LogP contribution < -0.4 is 5.32 Å². The number of benzene rings is 2. The first-order valence-corrected chi connectivity index (χ1v) is 9.59. The minimum absolute atomic E-state index is 0.202. The first kappa shape index (κ1) is 16.4. The van der Waals surface area contributed by atoms with Crippen molar-refractivity contribution in [1.82, 2.24) is 5.32 Å². The molecule has 0 radical (unpaired) electrons. The van der Waals surface area contributed by atoms with E-state index < -0.39 is 10.8 Å². The fourth-order valence-electron chi connectivity index (χ4n) is 3.05. The lowest BCUT2D eigenvalue weighted by atomic mass is 9.95. The maximum Gasteiger partial charge on any atom is 0.0866 e. The Morgan fingerprint density at radius 3 is 2.57 bits per heavy atom. The SMILES string of the molecule is CS(=O)c1ccc(CNC[C@H]2CCO[C@@H]2c2ccccc2)cc1. The molecule has 0 spiro atoms. The van der Waals surface area contributed by atoms with E-state index in [0.717, 1.165) is 31.0 Å². The summed E-state index contributed by atoms with van der Waals surface area (Å²) in [5, 5.41) is 3.54. The van der Waals surface area contributed by atoms with Gasteiger partial charge < -0.3 is 10.1 Å². The Bertz CT molecular complexity index is 642. The summed E-state index contributed by atoms with van der Waals surface area (Å²) >= 11 is 0. The molecule has 3 atom stereocenters. The summed E-state index contributed by atoms with van der Waals surface area (Å²) < 4.78 is 17.3. The lowest BCUT2D eigenvalue weighted by Gasteiger charge is -2.19. The zero-order chi connectivity index (χ0) is 16.1. The molecule has 2 aromatic carbocycles. The fourth-order valence-corrected chi connectivity index (χ4v) is 3.57. The number of ether oxygens (including phenoxy) is 1. The van der Waals surface area contributed by atoms with Gasteiger partial charge in [0.15, 0.2) is 0 Å². The standard InChI is InChI=1S/C19H23NO2S/c1-23(21)18-9-7-15(8-10-18)13-20-14-17-11-12-22-19(17)16-5-3-2-4-6-16/h2-10,17,19-20H,11-14H2,1H3/t17-,19-,23?/m1/s1. The van der Waals surface area contributed by atoms with Crippen molar-refractivity contribution in [2.75, 3.05) is 19.4 Å². The van der Waals surface area contributed by atoms with Crippen molar-refractivity contribution < 1.29 is 8.95 Å². The van der Waals surface area contributed by atoms with E-state index in [1.807, 2.05) is 30.3 Å². The van der Waals surface area contributed by atoms with Crippen LogP contribution >= 0.6 is 0 Å². The van der Waals surface area contributed by atoms with Crippen LogP contribution in [0.4, 0.5) is 0 Å². The van der Waals surface area contributed by atoms with Crippen LogP contribution in [0.3, 0.4) is 0 Å². The Labute approximate surface area is 140 Å². The predicted molar refractivity (Wildman–Crippen MR) is 93.7 cm³/mol. The Morgan fingerprint density at radius 2 is 1.87 bits per heavy atom. The molecule has 0 bridgehead atoms. The van der Waals surface area contributed by atoms with E-state index in [2.05, 4.69) is 29.6 Å². The summed E-state index contributed by atoms with van der Waals surface area (Å²) in [7, 11) is -0.908. The summed E-state index contributed by atoms with van der Waals surface area (Å²) in [6.07, 6.45) is 3.01. The van der Waals surface area contributed by atoms with Gasteiger partial charge in [-0.05, 0) is 29.7 Å². The maximum absolute atomic E-state index is 11.4. The van der Waals surface area contributed by atoms with Gasteiger partial charge in [-0.15, -0.1) is 0 Å². The van der Waals surface area contributed by atoms with E-state index in [4.69, 9.17) is 4.74 Å². The van der Waals surface area contributed by atoms with Gasteiger partial charge in [0.1, 0.15) is 0 Å². The Morgan fingerprint density at radius 1 is 1.13 bits per heavy atom. The first-order valence-electron chi connectivity index (χ1n) is 8.03. The Hall–Kier alpha value is -1.49. The number of hydrogen-bond acceptors (Lipinski definition) is 3. The van der Waals surface area contributed by atoms with Crippen LogP contribution in [-0.4, -0.2) is 23.6 Å². The molecule has 0 aromatic heterocycles. The van der Waals surface area contributed by atoms with Crippen molar-refractivity contribution in [2.45, 2.75) is 24.0 Å². The second kappa shape index (κ2) is 7.86. The second-order valence-electron chi connectivity index (χ2n) is 5.98. The third kappa shape index (κ3) is 4.28. The highest BCUT2D eigenvalue weighted by atomic mass is 32.2. The first-order chi connectivity index (χ1) is 11.2. The van der Waals surface area contributed by atoms with Crippen molar-refractivity contribution in [3.63, 3.8) is 0 Å². The molecule has 0 saturated carbocycles. The fraction of sp³-hybridized carbons (Fsp3) is 0.368. The van der Waals surface area contributed by atoms with E-state index in [1.165, 1.54) is 11.1 Å². The van der Waals surface area contributed by atoms with E-state index in [1.54, 1.807) is 6.26 Å². The van der Waals surface area contributed by atoms with E-state index >= 15 is 0 Å². The van der Waals surface area contributed by atoms with E-state index in [-0.39, 0.29) is 6.10 Å². The minimum atomic E-state index is -0.908. The average molecular weight is 329 g/mol. The monoisotopic (exact) mass is 329 g/mol. The molecule has 23 heavy (non-hydrogen) atoms. The number of rotatable bonds is 6. The maximum atomic E-state index is 11.4. The summed E-state index contributed by atoms with van der Waals surface area (Å²) in [6.45, 7) is 2.61. The highest BCUT2D eigenvalue weighted by molar-refractivity contribution is 7.84. The molecular formula is C19H23NO2S. The molecular weight excluding hydrogens is 306 g/mol. The molecule has 2 aromatic rings. The molecule has 0 aliphatic carbocycles. The van der Waals surface area contributed by atoms with Crippen LogP contribution in [-0.2, 0) is 22.1 Å². The molecule has 3 nitrogen and oxygen atoms in total. The molecule has 1 heterocycles. The van der Waals surface area contributed by atoms with Gasteiger partial charge >= 0.3 is 0 Å². The zero-order valence-corrected chi connectivity index (χ0v) is 14.2. The van der Waals surface area contributed by atoms with Gasteiger partial charge in [0, 0.05) is 47.6 Å². The van der Waals surface area contributed by atoms with Crippen LogP contribution in [0.15, 0.2) is 59.5 Å². The summed E-state index contributed by atoms with van der Waals surface area (Å²) in [4.78, 5) is 0.877. The molecule has 0 amide bonds. The normalized spacial score (nSPS) is 22.1. The van der Waals surface area contributed by atoms with Crippen molar-refractivity contribution in [1.29, 1.82) is 0 Å². The van der Waals surface area contributed by atoms with Crippen LogP contribution in [0.2, 0.25) is 0 Å². The second-order valence-corrected chi connectivity index (χ2v) is 7.36. The molecule has 1 N–H and O–H groups in total. The van der Waals surface area contributed by atoms with Gasteiger partial charge in [-0.3, -0.25) is 4.21 Å². The predicted octanol–water partition coefficient (Wildman–Crippen LogP) is 3.29. The lowest BCUT2D eigenvalue weighted by Crippen LogP contribution is -2.24. The third-order valence-electron chi connectivity index (χ3n) is 4.33. The highest BCUT2D eigenvalue weighted by Gasteiger charge is 2.28. The summed E-state index contributed by atoms with van der Waals surface area (Å²) in [5.41, 5.74) is 2.49. The molecule has 122 valence electrons. The molecule has 1 fully saturated rings.